The van der Waals surface area contributed by atoms with Gasteiger partial charge in [0.1, 0.15) is 0 Å². The molecule has 0 amide bonds. The van der Waals surface area contributed by atoms with Crippen molar-refractivity contribution in [1.29, 1.82) is 0 Å². The fourth-order valence-corrected chi connectivity index (χ4v) is 0.851. The van der Waals surface area contributed by atoms with Crippen LogP contribution in [0.1, 0.15) is 6.42 Å². The summed E-state index contributed by atoms with van der Waals surface area (Å²) in [6.07, 6.45) is 0.532. The molecule has 0 radical (unpaired) electrons. The zero-order valence-corrected chi connectivity index (χ0v) is 6.29. The minimum absolute atomic E-state index is 0.102. The van der Waals surface area contributed by atoms with Crippen LogP contribution in [0.4, 0.5) is 0 Å². The predicted octanol–water partition coefficient (Wildman–Crippen LogP) is -1.33. The van der Waals surface area contributed by atoms with Gasteiger partial charge in [-0.3, -0.25) is 0 Å². The fourth-order valence-electron chi connectivity index (χ4n) is 0.851. The van der Waals surface area contributed by atoms with Gasteiger partial charge in [-0.2, -0.15) is 0 Å². The molecule has 0 bridgehead atoms. The van der Waals surface area contributed by atoms with Crippen molar-refractivity contribution in [2.24, 2.45) is 11.5 Å². The van der Waals surface area contributed by atoms with Gasteiger partial charge in [0.05, 0.1) is 18.8 Å². The summed E-state index contributed by atoms with van der Waals surface area (Å²) >= 11 is 0. The number of ether oxygens (including phenoxy) is 1. The van der Waals surface area contributed by atoms with E-state index in [1.165, 1.54) is 7.05 Å². The molecule has 10 heavy (non-hydrogen) atoms. The molecule has 0 aliphatic carbocycles. The first-order valence-electron chi connectivity index (χ1n) is 3.40. The standard InChI is InChI=1S/C5H11NO2.CH5N/c6-2-5-1-4(7)3-8-5;1-2/h4-5,7H,1-3,6H2;2H2,1H3. The van der Waals surface area contributed by atoms with Gasteiger partial charge in [0.15, 0.2) is 0 Å². The Bertz CT molecular complexity index is 80.1. The Labute approximate surface area is 61.2 Å². The third-order valence-electron chi connectivity index (χ3n) is 1.32. The minimum Gasteiger partial charge on any atom is -0.391 e. The van der Waals surface area contributed by atoms with Crippen LogP contribution < -0.4 is 11.5 Å². The zero-order chi connectivity index (χ0) is 7.98. The van der Waals surface area contributed by atoms with Crippen LogP contribution in [0.5, 0.6) is 0 Å². The van der Waals surface area contributed by atoms with Gasteiger partial charge in [-0.15, -0.1) is 0 Å². The van der Waals surface area contributed by atoms with Gasteiger partial charge < -0.3 is 21.3 Å². The molecule has 1 fully saturated rings. The maximum absolute atomic E-state index is 8.85. The fraction of sp³-hybridized carbons (Fsp3) is 1.00. The van der Waals surface area contributed by atoms with E-state index >= 15 is 0 Å². The lowest BCUT2D eigenvalue weighted by atomic mass is 10.2. The van der Waals surface area contributed by atoms with Crippen LogP contribution in [0.3, 0.4) is 0 Å². The Kier molecular flexibility index (Phi) is 5.52. The molecule has 62 valence electrons. The van der Waals surface area contributed by atoms with Crippen LogP contribution in [0.25, 0.3) is 0 Å². The van der Waals surface area contributed by atoms with E-state index in [4.69, 9.17) is 15.6 Å². The summed E-state index contributed by atoms with van der Waals surface area (Å²) in [7, 11) is 1.50. The number of rotatable bonds is 1. The first kappa shape index (κ1) is 9.84. The largest absolute Gasteiger partial charge is 0.391 e. The molecule has 0 spiro atoms. The minimum atomic E-state index is -0.274. The van der Waals surface area contributed by atoms with E-state index < -0.39 is 0 Å². The third kappa shape index (κ3) is 3.12. The van der Waals surface area contributed by atoms with Crippen LogP contribution in [-0.4, -0.2) is 37.5 Å². The van der Waals surface area contributed by atoms with E-state index in [-0.39, 0.29) is 12.2 Å². The van der Waals surface area contributed by atoms with Crippen molar-refractivity contribution in [2.45, 2.75) is 18.6 Å². The molecule has 4 nitrogen and oxygen atoms in total. The summed E-state index contributed by atoms with van der Waals surface area (Å²) in [5, 5.41) is 8.85. The van der Waals surface area contributed by atoms with Crippen LogP contribution >= 0.6 is 0 Å². The maximum Gasteiger partial charge on any atom is 0.0799 e. The average molecular weight is 148 g/mol. The van der Waals surface area contributed by atoms with Crippen molar-refractivity contribution in [2.75, 3.05) is 20.2 Å². The first-order chi connectivity index (χ1) is 4.83. The molecule has 5 N–H and O–H groups in total. The second-order valence-corrected chi connectivity index (χ2v) is 2.08. The lowest BCUT2D eigenvalue weighted by molar-refractivity contribution is 0.0926. The van der Waals surface area contributed by atoms with Crippen molar-refractivity contribution in [1.82, 2.24) is 0 Å². The molecule has 1 rings (SSSR count). The van der Waals surface area contributed by atoms with E-state index in [0.717, 1.165) is 0 Å². The summed E-state index contributed by atoms with van der Waals surface area (Å²) in [5.41, 5.74) is 9.76. The topological polar surface area (TPSA) is 81.5 Å². The second kappa shape index (κ2) is 5.61. The normalized spacial score (nSPS) is 31.2. The van der Waals surface area contributed by atoms with Gasteiger partial charge in [0.25, 0.3) is 0 Å². The molecule has 4 heteroatoms. The lowest BCUT2D eigenvalue weighted by Gasteiger charge is -2.01. The summed E-state index contributed by atoms with van der Waals surface area (Å²) in [6, 6.07) is 0. The molecular weight excluding hydrogens is 132 g/mol. The van der Waals surface area contributed by atoms with Crippen LogP contribution in [0.2, 0.25) is 0 Å². The Morgan fingerprint density at radius 3 is 2.40 bits per heavy atom. The molecule has 0 aromatic carbocycles. The molecule has 1 aliphatic heterocycles. The summed E-state index contributed by atoms with van der Waals surface area (Å²) < 4.78 is 5.04. The third-order valence-corrected chi connectivity index (χ3v) is 1.32. The predicted molar refractivity (Wildman–Crippen MR) is 39.5 cm³/mol. The molecule has 0 aromatic rings. The molecule has 1 aliphatic rings. The Balaban J connectivity index is 0.000000371. The second-order valence-electron chi connectivity index (χ2n) is 2.08. The lowest BCUT2D eigenvalue weighted by Crippen LogP contribution is -2.18. The van der Waals surface area contributed by atoms with Gasteiger partial charge in [-0.05, 0) is 7.05 Å². The van der Waals surface area contributed by atoms with Gasteiger partial charge in [0, 0.05) is 13.0 Å². The number of aliphatic hydroxyl groups excluding tert-OH is 1. The highest BCUT2D eigenvalue weighted by molar-refractivity contribution is 4.72. The SMILES string of the molecule is CN.NCC1CC(O)CO1. The highest BCUT2D eigenvalue weighted by atomic mass is 16.5. The summed E-state index contributed by atoms with van der Waals surface area (Å²) in [5.74, 6) is 0. The summed E-state index contributed by atoms with van der Waals surface area (Å²) in [4.78, 5) is 0. The van der Waals surface area contributed by atoms with E-state index in [2.05, 4.69) is 5.73 Å². The highest BCUT2D eigenvalue weighted by Gasteiger charge is 2.21. The number of nitrogens with two attached hydrogens (primary N) is 2. The van der Waals surface area contributed by atoms with Gasteiger partial charge in [-0.25, -0.2) is 0 Å². The molecule has 0 saturated carbocycles. The Morgan fingerprint density at radius 2 is 2.20 bits per heavy atom. The van der Waals surface area contributed by atoms with Crippen molar-refractivity contribution in [3.8, 4) is 0 Å². The number of aliphatic hydroxyl groups is 1. The molecule has 1 saturated heterocycles. The van der Waals surface area contributed by atoms with Crippen LogP contribution in [0, 0.1) is 0 Å². The monoisotopic (exact) mass is 148 g/mol. The number of hydrogen-bond donors (Lipinski definition) is 3. The molecule has 0 aromatic heterocycles. The van der Waals surface area contributed by atoms with Gasteiger partial charge in [-0.1, -0.05) is 0 Å². The number of hydrogen-bond acceptors (Lipinski definition) is 4. The highest BCUT2D eigenvalue weighted by Crippen LogP contribution is 2.10. The van der Waals surface area contributed by atoms with Crippen molar-refractivity contribution >= 4 is 0 Å². The first-order valence-corrected chi connectivity index (χ1v) is 3.40. The molecular formula is C6H16N2O2. The van der Waals surface area contributed by atoms with E-state index in [1.807, 2.05) is 0 Å². The van der Waals surface area contributed by atoms with Crippen molar-refractivity contribution in [3.05, 3.63) is 0 Å². The molecule has 1 heterocycles. The average Bonchev–Trinajstić information content (AvgIpc) is 2.40. The summed E-state index contributed by atoms with van der Waals surface area (Å²) in [6.45, 7) is 0.985. The van der Waals surface area contributed by atoms with Crippen LogP contribution in [0.15, 0.2) is 0 Å². The maximum atomic E-state index is 8.85. The van der Waals surface area contributed by atoms with Crippen molar-refractivity contribution < 1.29 is 9.84 Å². The Morgan fingerprint density at radius 1 is 1.60 bits per heavy atom. The molecule has 2 atom stereocenters. The van der Waals surface area contributed by atoms with E-state index in [9.17, 15) is 0 Å². The van der Waals surface area contributed by atoms with Crippen LogP contribution in [-0.2, 0) is 4.74 Å². The van der Waals surface area contributed by atoms with E-state index in [1.54, 1.807) is 0 Å². The van der Waals surface area contributed by atoms with Crippen molar-refractivity contribution in [3.63, 3.8) is 0 Å². The quantitative estimate of drug-likeness (QED) is 0.430. The Hall–Kier alpha value is -0.160. The van der Waals surface area contributed by atoms with E-state index in [0.29, 0.717) is 19.6 Å². The zero-order valence-electron chi connectivity index (χ0n) is 6.29. The van der Waals surface area contributed by atoms with Gasteiger partial charge >= 0.3 is 0 Å². The molecule has 2 unspecified atom stereocenters. The van der Waals surface area contributed by atoms with Gasteiger partial charge in [0.2, 0.25) is 0 Å². The smallest absolute Gasteiger partial charge is 0.0799 e.